The number of amides is 3. The van der Waals surface area contributed by atoms with Gasteiger partial charge in [-0.05, 0) is 30.6 Å². The molecule has 1 unspecified atom stereocenters. The molecule has 0 aliphatic carbocycles. The Bertz CT molecular complexity index is 568. The first-order valence-corrected chi connectivity index (χ1v) is 9.30. The van der Waals surface area contributed by atoms with Gasteiger partial charge >= 0.3 is 0 Å². The van der Waals surface area contributed by atoms with E-state index in [1.54, 1.807) is 33.7 Å². The van der Waals surface area contributed by atoms with Gasteiger partial charge in [0.2, 0.25) is 11.8 Å². The third-order valence-corrected chi connectivity index (χ3v) is 4.64. The number of nitrogens with zero attached hydrogens (tertiary/aromatic N) is 2. The number of carbonyl (C=O) groups is 3. The van der Waals surface area contributed by atoms with Crippen LogP contribution in [0, 0.1) is 0 Å². The normalized spacial score (nSPS) is 15.9. The van der Waals surface area contributed by atoms with Crippen molar-refractivity contribution in [2.24, 2.45) is 0 Å². The van der Waals surface area contributed by atoms with Gasteiger partial charge in [-0.2, -0.15) is 11.8 Å². The van der Waals surface area contributed by atoms with Crippen molar-refractivity contribution < 1.29 is 18.8 Å². The van der Waals surface area contributed by atoms with Crippen LogP contribution in [0.3, 0.4) is 0 Å². The summed E-state index contributed by atoms with van der Waals surface area (Å²) in [5.41, 5.74) is 0. The molecule has 0 saturated carbocycles. The molecule has 0 spiro atoms. The second-order valence-electron chi connectivity index (χ2n) is 5.62. The van der Waals surface area contributed by atoms with E-state index in [9.17, 15) is 14.4 Å². The fraction of sp³-hybridized carbons (Fsp3) is 0.562. The molecule has 0 radical (unpaired) electrons. The van der Waals surface area contributed by atoms with Gasteiger partial charge in [-0.1, -0.05) is 0 Å². The van der Waals surface area contributed by atoms with Crippen LogP contribution in [0.2, 0.25) is 0 Å². The summed E-state index contributed by atoms with van der Waals surface area (Å²) in [4.78, 5) is 39.7. The van der Waals surface area contributed by atoms with Crippen LogP contribution in [0.5, 0.6) is 0 Å². The summed E-state index contributed by atoms with van der Waals surface area (Å²) in [7, 11) is 0. The topological polar surface area (TPSA) is 82.9 Å². The van der Waals surface area contributed by atoms with E-state index >= 15 is 0 Å². The predicted molar refractivity (Wildman–Crippen MR) is 91.8 cm³/mol. The number of piperazine rings is 1. The summed E-state index contributed by atoms with van der Waals surface area (Å²) in [5.74, 6) is 0.488. The molecule has 2 heterocycles. The number of hydrogen-bond acceptors (Lipinski definition) is 5. The Morgan fingerprint density at radius 3 is 2.46 bits per heavy atom. The van der Waals surface area contributed by atoms with Crippen LogP contribution in [-0.4, -0.2) is 71.8 Å². The number of thioether (sulfide) groups is 1. The Morgan fingerprint density at radius 1 is 1.25 bits per heavy atom. The van der Waals surface area contributed by atoms with Crippen molar-refractivity contribution in [2.45, 2.75) is 19.4 Å². The lowest BCUT2D eigenvalue weighted by atomic mass is 10.1. The zero-order valence-corrected chi connectivity index (χ0v) is 14.8. The average molecular weight is 353 g/mol. The minimum atomic E-state index is -0.584. The second kappa shape index (κ2) is 8.77. The van der Waals surface area contributed by atoms with Gasteiger partial charge < -0.3 is 19.5 Å². The Hall–Kier alpha value is -1.96. The lowest BCUT2D eigenvalue weighted by Crippen LogP contribution is -2.55. The van der Waals surface area contributed by atoms with Crippen LogP contribution in [0.15, 0.2) is 22.8 Å². The number of nitrogens with one attached hydrogen (secondary N) is 1. The molecule has 8 heteroatoms. The Morgan fingerprint density at radius 2 is 1.92 bits per heavy atom. The third-order valence-electron chi connectivity index (χ3n) is 4.00. The van der Waals surface area contributed by atoms with Gasteiger partial charge in [0, 0.05) is 33.1 Å². The van der Waals surface area contributed by atoms with Gasteiger partial charge in [0.05, 0.1) is 6.26 Å². The monoisotopic (exact) mass is 353 g/mol. The Labute approximate surface area is 145 Å². The molecule has 1 aliphatic rings. The SMILES string of the molecule is CSCCC(NC(=O)c1ccco1)C(=O)N1CCN(C(C)=O)CC1. The highest BCUT2D eigenvalue weighted by atomic mass is 32.2. The summed E-state index contributed by atoms with van der Waals surface area (Å²) in [6, 6.07) is 2.62. The van der Waals surface area contributed by atoms with E-state index in [0.717, 1.165) is 5.75 Å². The summed E-state index contributed by atoms with van der Waals surface area (Å²) < 4.78 is 5.08. The van der Waals surface area contributed by atoms with Crippen LogP contribution in [0.1, 0.15) is 23.9 Å². The largest absolute Gasteiger partial charge is 0.459 e. The van der Waals surface area contributed by atoms with Gasteiger partial charge in [0.15, 0.2) is 5.76 Å². The first-order valence-electron chi connectivity index (χ1n) is 7.90. The summed E-state index contributed by atoms with van der Waals surface area (Å²) >= 11 is 1.62. The van der Waals surface area contributed by atoms with Crippen molar-refractivity contribution in [2.75, 3.05) is 38.2 Å². The Kier molecular flexibility index (Phi) is 6.72. The van der Waals surface area contributed by atoms with E-state index < -0.39 is 6.04 Å². The molecular weight excluding hydrogens is 330 g/mol. The third kappa shape index (κ3) is 4.77. The van der Waals surface area contributed by atoms with Crippen molar-refractivity contribution in [3.05, 3.63) is 24.2 Å². The van der Waals surface area contributed by atoms with Crippen molar-refractivity contribution in [1.82, 2.24) is 15.1 Å². The zero-order valence-electron chi connectivity index (χ0n) is 14.0. The van der Waals surface area contributed by atoms with Gasteiger partial charge in [-0.3, -0.25) is 14.4 Å². The first-order chi connectivity index (χ1) is 11.5. The van der Waals surface area contributed by atoms with Crippen molar-refractivity contribution in [3.8, 4) is 0 Å². The molecule has 2 rings (SSSR count). The quantitative estimate of drug-likeness (QED) is 0.819. The lowest BCUT2D eigenvalue weighted by molar-refractivity contribution is -0.139. The maximum absolute atomic E-state index is 12.8. The molecule has 1 atom stereocenters. The van der Waals surface area contributed by atoms with Crippen LogP contribution in [0.4, 0.5) is 0 Å². The molecule has 1 aromatic rings. The number of rotatable bonds is 6. The van der Waals surface area contributed by atoms with E-state index in [0.29, 0.717) is 32.6 Å². The number of hydrogen-bond donors (Lipinski definition) is 1. The summed E-state index contributed by atoms with van der Waals surface area (Å²) in [6.07, 6.45) is 3.94. The van der Waals surface area contributed by atoms with Gasteiger partial charge in [-0.15, -0.1) is 0 Å². The van der Waals surface area contributed by atoms with Crippen LogP contribution < -0.4 is 5.32 Å². The molecule has 1 aromatic heterocycles. The number of furan rings is 1. The maximum atomic E-state index is 12.8. The molecular formula is C16H23N3O4S. The highest BCUT2D eigenvalue weighted by Crippen LogP contribution is 2.10. The fourth-order valence-corrected chi connectivity index (χ4v) is 3.06. The molecule has 24 heavy (non-hydrogen) atoms. The van der Waals surface area contributed by atoms with Crippen LogP contribution in [0.25, 0.3) is 0 Å². The maximum Gasteiger partial charge on any atom is 0.287 e. The van der Waals surface area contributed by atoms with Crippen molar-refractivity contribution >= 4 is 29.5 Å². The molecule has 132 valence electrons. The standard InChI is InChI=1S/C16H23N3O4S/c1-12(20)18-6-8-19(9-7-18)16(22)13(5-11-24-2)17-15(21)14-4-3-10-23-14/h3-4,10,13H,5-9,11H2,1-2H3,(H,17,21). The molecule has 1 N–H and O–H groups in total. The summed E-state index contributed by atoms with van der Waals surface area (Å²) in [6.45, 7) is 3.57. The van der Waals surface area contributed by atoms with Crippen LogP contribution >= 0.6 is 11.8 Å². The smallest absolute Gasteiger partial charge is 0.287 e. The summed E-state index contributed by atoms with van der Waals surface area (Å²) in [5, 5.41) is 2.77. The highest BCUT2D eigenvalue weighted by Gasteiger charge is 2.29. The minimum Gasteiger partial charge on any atom is -0.459 e. The molecule has 0 aromatic carbocycles. The van der Waals surface area contributed by atoms with Gasteiger partial charge in [0.25, 0.3) is 5.91 Å². The molecule has 3 amide bonds. The molecule has 1 fully saturated rings. The van der Waals surface area contributed by atoms with E-state index in [1.165, 1.54) is 13.2 Å². The number of carbonyl (C=O) groups excluding carboxylic acids is 3. The average Bonchev–Trinajstić information content (AvgIpc) is 3.12. The highest BCUT2D eigenvalue weighted by molar-refractivity contribution is 7.98. The molecule has 7 nitrogen and oxygen atoms in total. The van der Waals surface area contributed by atoms with Crippen molar-refractivity contribution in [1.29, 1.82) is 0 Å². The van der Waals surface area contributed by atoms with E-state index in [1.807, 2.05) is 6.26 Å². The van der Waals surface area contributed by atoms with E-state index in [2.05, 4.69) is 5.32 Å². The zero-order chi connectivity index (χ0) is 17.5. The van der Waals surface area contributed by atoms with Crippen LogP contribution in [-0.2, 0) is 9.59 Å². The van der Waals surface area contributed by atoms with Crippen molar-refractivity contribution in [3.63, 3.8) is 0 Å². The minimum absolute atomic E-state index is 0.0205. The van der Waals surface area contributed by atoms with E-state index in [4.69, 9.17) is 4.42 Å². The van der Waals surface area contributed by atoms with Gasteiger partial charge in [-0.25, -0.2) is 0 Å². The molecule has 1 saturated heterocycles. The predicted octanol–water partition coefficient (Wildman–Crippen LogP) is 0.822. The molecule has 1 aliphatic heterocycles. The van der Waals surface area contributed by atoms with Gasteiger partial charge in [0.1, 0.15) is 6.04 Å². The van der Waals surface area contributed by atoms with E-state index in [-0.39, 0.29) is 23.5 Å². The first kappa shape index (κ1) is 18.4. The second-order valence-corrected chi connectivity index (χ2v) is 6.60. The molecule has 0 bridgehead atoms. The fourth-order valence-electron chi connectivity index (χ4n) is 2.59. The lowest BCUT2D eigenvalue weighted by Gasteiger charge is -2.36. The Balaban J connectivity index is 1.97.